The molecule has 1 aliphatic rings. The molecule has 2 N–H and O–H groups in total. The predicted molar refractivity (Wildman–Crippen MR) is 73.1 cm³/mol. The van der Waals surface area contributed by atoms with Crippen LogP contribution < -0.4 is 10.8 Å². The number of thioether (sulfide) groups is 1. The minimum Gasteiger partial charge on any atom is -0.312 e. The van der Waals surface area contributed by atoms with Gasteiger partial charge in [-0.1, -0.05) is 30.3 Å². The largest absolute Gasteiger partial charge is 0.312 e. The van der Waals surface area contributed by atoms with E-state index in [1.807, 2.05) is 42.1 Å². The van der Waals surface area contributed by atoms with Gasteiger partial charge in [-0.15, -0.1) is 0 Å². The van der Waals surface area contributed by atoms with Gasteiger partial charge in [0.15, 0.2) is 0 Å². The van der Waals surface area contributed by atoms with E-state index in [0.29, 0.717) is 13.0 Å². The van der Waals surface area contributed by atoms with Crippen LogP contribution in [0.15, 0.2) is 30.3 Å². The maximum atomic E-state index is 11.6. The number of hydrogen-bond donors (Lipinski definition) is 2. The van der Waals surface area contributed by atoms with Crippen LogP contribution in [0.4, 0.5) is 0 Å². The quantitative estimate of drug-likeness (QED) is 0.790. The molecule has 0 aromatic heterocycles. The molecule has 0 bridgehead atoms. The molecule has 2 rings (SSSR count). The Bertz CT molecular complexity index is 367. The first-order valence-corrected chi connectivity index (χ1v) is 7.26. The molecule has 1 fully saturated rings. The predicted octanol–water partition coefficient (Wildman–Crippen LogP) is 1.33. The zero-order chi connectivity index (χ0) is 12.6. The summed E-state index contributed by atoms with van der Waals surface area (Å²) < 4.78 is 0. The molecular formula is C13H18N2O2S. The molecule has 4 nitrogen and oxygen atoms in total. The zero-order valence-electron chi connectivity index (χ0n) is 10.2. The molecule has 1 unspecified atom stereocenters. The molecule has 1 atom stereocenters. The van der Waals surface area contributed by atoms with Gasteiger partial charge < -0.3 is 5.32 Å². The average Bonchev–Trinajstić information content (AvgIpc) is 2.41. The Labute approximate surface area is 111 Å². The second kappa shape index (κ2) is 7.41. The number of carbonyl (C=O) groups excluding carboxylic acids is 1. The Morgan fingerprint density at radius 3 is 3.00 bits per heavy atom. The average molecular weight is 266 g/mol. The van der Waals surface area contributed by atoms with E-state index in [2.05, 4.69) is 10.8 Å². The van der Waals surface area contributed by atoms with Gasteiger partial charge in [0.05, 0.1) is 6.61 Å². The Balaban J connectivity index is 1.62. The van der Waals surface area contributed by atoms with Crippen molar-refractivity contribution in [2.75, 3.05) is 18.1 Å². The van der Waals surface area contributed by atoms with Crippen LogP contribution in [0, 0.1) is 0 Å². The Hall–Kier alpha value is -1.04. The number of rotatable bonds is 5. The molecule has 1 aliphatic heterocycles. The normalized spacial score (nSPS) is 19.4. The van der Waals surface area contributed by atoms with Gasteiger partial charge in [-0.3, -0.25) is 9.63 Å². The van der Waals surface area contributed by atoms with Crippen LogP contribution >= 0.6 is 11.8 Å². The van der Waals surface area contributed by atoms with Crippen LogP contribution in [-0.2, 0) is 16.2 Å². The maximum absolute atomic E-state index is 11.6. The van der Waals surface area contributed by atoms with Crippen molar-refractivity contribution in [2.24, 2.45) is 0 Å². The Morgan fingerprint density at radius 1 is 1.44 bits per heavy atom. The van der Waals surface area contributed by atoms with E-state index < -0.39 is 0 Å². The molecule has 0 radical (unpaired) electrons. The second-order valence-corrected chi connectivity index (χ2v) is 5.38. The molecule has 1 heterocycles. The van der Waals surface area contributed by atoms with Crippen LogP contribution in [0.5, 0.6) is 0 Å². The summed E-state index contributed by atoms with van der Waals surface area (Å²) >= 11 is 1.88. The smallest absolute Gasteiger partial charge is 0.245 e. The molecule has 98 valence electrons. The van der Waals surface area contributed by atoms with Crippen LogP contribution in [0.25, 0.3) is 0 Å². The van der Waals surface area contributed by atoms with Gasteiger partial charge in [-0.05, 0) is 5.56 Å². The minimum atomic E-state index is -0.0640. The van der Waals surface area contributed by atoms with Gasteiger partial charge in [0.2, 0.25) is 5.91 Å². The number of hydroxylamine groups is 1. The van der Waals surface area contributed by atoms with Crippen LogP contribution in [0.3, 0.4) is 0 Å². The standard InChI is InChI=1S/C13H18N2O2S/c16-13(8-12-10-18-7-6-14-12)15-17-9-11-4-2-1-3-5-11/h1-5,12,14H,6-10H2,(H,15,16). The molecule has 0 spiro atoms. The van der Waals surface area contributed by atoms with Crippen molar-refractivity contribution >= 4 is 17.7 Å². The summed E-state index contributed by atoms with van der Waals surface area (Å²) in [5.41, 5.74) is 3.54. The number of nitrogens with one attached hydrogen (secondary N) is 2. The molecule has 0 aliphatic carbocycles. The summed E-state index contributed by atoms with van der Waals surface area (Å²) in [6.07, 6.45) is 0.474. The van der Waals surface area contributed by atoms with Crippen molar-refractivity contribution in [1.82, 2.24) is 10.8 Å². The number of amides is 1. The summed E-state index contributed by atoms with van der Waals surface area (Å²) in [5.74, 6) is 2.06. The van der Waals surface area contributed by atoms with Gasteiger partial charge >= 0.3 is 0 Å². The van der Waals surface area contributed by atoms with Gasteiger partial charge in [-0.25, -0.2) is 5.48 Å². The topological polar surface area (TPSA) is 50.4 Å². The van der Waals surface area contributed by atoms with E-state index in [1.54, 1.807) is 0 Å². The summed E-state index contributed by atoms with van der Waals surface area (Å²) in [6, 6.07) is 10.0. The van der Waals surface area contributed by atoms with Gasteiger partial charge in [-0.2, -0.15) is 11.8 Å². The minimum absolute atomic E-state index is 0.0640. The van der Waals surface area contributed by atoms with Gasteiger partial charge in [0.25, 0.3) is 0 Å². The zero-order valence-corrected chi connectivity index (χ0v) is 11.0. The van der Waals surface area contributed by atoms with Gasteiger partial charge in [0.1, 0.15) is 0 Å². The molecule has 18 heavy (non-hydrogen) atoms. The molecule has 1 aromatic carbocycles. The van der Waals surface area contributed by atoms with Crippen molar-refractivity contribution in [3.8, 4) is 0 Å². The SMILES string of the molecule is O=C(CC1CSCCN1)NOCc1ccccc1. The molecule has 1 amide bonds. The van der Waals surface area contributed by atoms with Crippen molar-refractivity contribution in [1.29, 1.82) is 0 Å². The van der Waals surface area contributed by atoms with Crippen molar-refractivity contribution in [2.45, 2.75) is 19.1 Å². The first kappa shape index (κ1) is 13.4. The highest BCUT2D eigenvalue weighted by Crippen LogP contribution is 2.10. The van der Waals surface area contributed by atoms with E-state index in [9.17, 15) is 4.79 Å². The van der Waals surface area contributed by atoms with E-state index in [1.165, 1.54) is 0 Å². The maximum Gasteiger partial charge on any atom is 0.245 e. The lowest BCUT2D eigenvalue weighted by molar-refractivity contribution is -0.135. The van der Waals surface area contributed by atoms with Crippen LogP contribution in [0.1, 0.15) is 12.0 Å². The number of benzene rings is 1. The summed E-state index contributed by atoms with van der Waals surface area (Å²) in [4.78, 5) is 16.8. The van der Waals surface area contributed by atoms with E-state index in [4.69, 9.17) is 4.84 Å². The summed E-state index contributed by atoms with van der Waals surface area (Å²) in [5, 5.41) is 3.32. The summed E-state index contributed by atoms with van der Waals surface area (Å²) in [7, 11) is 0. The fraction of sp³-hybridized carbons (Fsp3) is 0.462. The van der Waals surface area contributed by atoms with E-state index >= 15 is 0 Å². The number of hydrogen-bond acceptors (Lipinski definition) is 4. The lowest BCUT2D eigenvalue weighted by atomic mass is 10.2. The monoisotopic (exact) mass is 266 g/mol. The fourth-order valence-electron chi connectivity index (χ4n) is 1.79. The van der Waals surface area contributed by atoms with Crippen LogP contribution in [0.2, 0.25) is 0 Å². The summed E-state index contributed by atoms with van der Waals surface area (Å²) in [6.45, 7) is 1.38. The van der Waals surface area contributed by atoms with Crippen molar-refractivity contribution < 1.29 is 9.63 Å². The Kier molecular flexibility index (Phi) is 5.51. The van der Waals surface area contributed by atoms with Gasteiger partial charge in [0, 0.05) is 30.5 Å². The fourth-order valence-corrected chi connectivity index (χ4v) is 2.74. The molecule has 1 saturated heterocycles. The van der Waals surface area contributed by atoms with Crippen LogP contribution in [-0.4, -0.2) is 30.0 Å². The highest BCUT2D eigenvalue weighted by molar-refractivity contribution is 7.99. The van der Waals surface area contributed by atoms with Crippen molar-refractivity contribution in [3.05, 3.63) is 35.9 Å². The first-order chi connectivity index (χ1) is 8.84. The highest BCUT2D eigenvalue weighted by Gasteiger charge is 2.16. The third-order valence-corrected chi connectivity index (χ3v) is 3.83. The van der Waals surface area contributed by atoms with E-state index in [-0.39, 0.29) is 11.9 Å². The molecule has 0 saturated carbocycles. The first-order valence-electron chi connectivity index (χ1n) is 6.10. The Morgan fingerprint density at radius 2 is 2.28 bits per heavy atom. The lowest BCUT2D eigenvalue weighted by Gasteiger charge is -2.22. The highest BCUT2D eigenvalue weighted by atomic mass is 32.2. The number of carbonyl (C=O) groups is 1. The molecular weight excluding hydrogens is 248 g/mol. The third-order valence-electron chi connectivity index (χ3n) is 2.70. The second-order valence-electron chi connectivity index (χ2n) is 4.23. The molecule has 5 heteroatoms. The van der Waals surface area contributed by atoms with E-state index in [0.717, 1.165) is 23.6 Å². The molecule has 1 aromatic rings. The third kappa shape index (κ3) is 4.68. The van der Waals surface area contributed by atoms with Crippen molar-refractivity contribution in [3.63, 3.8) is 0 Å². The lowest BCUT2D eigenvalue weighted by Crippen LogP contribution is -2.41.